The number of hydrogen-bond acceptors (Lipinski definition) is 4. The number of carbonyl (C=O) groups excluding carboxylic acids is 1. The molecule has 0 aromatic carbocycles. The van der Waals surface area contributed by atoms with Crippen molar-refractivity contribution in [3.8, 4) is 0 Å². The molecule has 2 atom stereocenters. The fourth-order valence-corrected chi connectivity index (χ4v) is 3.52. The second kappa shape index (κ2) is 6.22. The van der Waals surface area contributed by atoms with Crippen molar-refractivity contribution in [3.05, 3.63) is 0 Å². The molecule has 0 spiro atoms. The number of nitrogens with one attached hydrogen (secondary N) is 1. The van der Waals surface area contributed by atoms with E-state index in [2.05, 4.69) is 4.72 Å². The zero-order valence-electron chi connectivity index (χ0n) is 12.2. The summed E-state index contributed by atoms with van der Waals surface area (Å²) in [5.41, 5.74) is -0.564. The monoisotopic (exact) mass is 291 g/mol. The molecule has 0 heterocycles. The molecule has 1 N–H and O–H groups in total. The maximum absolute atomic E-state index is 12.1. The first-order valence-corrected chi connectivity index (χ1v) is 8.42. The van der Waals surface area contributed by atoms with Gasteiger partial charge in [-0.25, -0.2) is 13.1 Å². The third kappa shape index (κ3) is 3.92. The maximum atomic E-state index is 12.1. The smallest absolute Gasteiger partial charge is 0.311 e. The Kier molecular flexibility index (Phi) is 5.38. The molecule has 0 amide bonds. The lowest BCUT2D eigenvalue weighted by Crippen LogP contribution is -2.45. The summed E-state index contributed by atoms with van der Waals surface area (Å²) in [6.45, 7) is 5.56. The van der Waals surface area contributed by atoms with Gasteiger partial charge in [-0.1, -0.05) is 13.3 Å². The van der Waals surface area contributed by atoms with Crippen LogP contribution in [0.4, 0.5) is 0 Å². The van der Waals surface area contributed by atoms with Crippen molar-refractivity contribution in [3.63, 3.8) is 0 Å². The maximum Gasteiger partial charge on any atom is 0.311 e. The largest absolute Gasteiger partial charge is 0.461 e. The highest BCUT2D eigenvalue weighted by atomic mass is 32.2. The Morgan fingerprint density at radius 3 is 2.42 bits per heavy atom. The van der Waals surface area contributed by atoms with E-state index in [4.69, 9.17) is 4.74 Å². The summed E-state index contributed by atoms with van der Waals surface area (Å²) in [7, 11) is -1.99. The predicted octanol–water partition coefficient (Wildman–Crippen LogP) is 1.83. The molecular formula is C13H25NO4S. The molecule has 1 aliphatic carbocycles. The lowest BCUT2D eigenvalue weighted by atomic mass is 9.90. The molecule has 112 valence electrons. The summed E-state index contributed by atoms with van der Waals surface area (Å²) in [6.07, 6.45) is 3.08. The lowest BCUT2D eigenvalue weighted by Gasteiger charge is -2.33. The SMILES string of the molecule is CCC(C)(C)C(=O)OC1CCCCC1S(=O)(=O)NC. The number of sulfonamides is 1. The number of esters is 1. The average molecular weight is 291 g/mol. The van der Waals surface area contributed by atoms with Crippen LogP contribution in [0.25, 0.3) is 0 Å². The van der Waals surface area contributed by atoms with Crippen LogP contribution in [-0.2, 0) is 19.6 Å². The van der Waals surface area contributed by atoms with Crippen LogP contribution in [-0.4, -0.2) is 32.8 Å². The van der Waals surface area contributed by atoms with E-state index in [0.717, 1.165) is 12.8 Å². The van der Waals surface area contributed by atoms with Crippen LogP contribution in [0, 0.1) is 5.41 Å². The van der Waals surface area contributed by atoms with Crippen LogP contribution in [0.5, 0.6) is 0 Å². The average Bonchev–Trinajstić information content (AvgIpc) is 2.39. The zero-order chi connectivity index (χ0) is 14.7. The van der Waals surface area contributed by atoms with Crippen molar-refractivity contribution >= 4 is 16.0 Å². The highest BCUT2D eigenvalue weighted by molar-refractivity contribution is 7.90. The molecule has 19 heavy (non-hydrogen) atoms. The zero-order valence-corrected chi connectivity index (χ0v) is 13.0. The molecule has 0 saturated heterocycles. The first-order chi connectivity index (χ1) is 8.74. The van der Waals surface area contributed by atoms with Crippen molar-refractivity contribution in [2.75, 3.05) is 7.05 Å². The highest BCUT2D eigenvalue weighted by Gasteiger charge is 2.39. The van der Waals surface area contributed by atoms with E-state index in [1.807, 2.05) is 20.8 Å². The standard InChI is InChI=1S/C13H25NO4S/c1-5-13(2,3)12(15)18-10-8-6-7-9-11(10)19(16,17)14-4/h10-11,14H,5-9H2,1-4H3. The van der Waals surface area contributed by atoms with Gasteiger partial charge in [0, 0.05) is 0 Å². The molecule has 1 saturated carbocycles. The molecule has 6 heteroatoms. The minimum atomic E-state index is -3.40. The fourth-order valence-electron chi connectivity index (χ4n) is 2.15. The third-order valence-electron chi connectivity index (χ3n) is 4.02. The van der Waals surface area contributed by atoms with Crippen molar-refractivity contribution < 1.29 is 17.9 Å². The number of carbonyl (C=O) groups is 1. The van der Waals surface area contributed by atoms with Gasteiger partial charge in [0.2, 0.25) is 10.0 Å². The van der Waals surface area contributed by atoms with Gasteiger partial charge >= 0.3 is 5.97 Å². The van der Waals surface area contributed by atoms with Gasteiger partial charge < -0.3 is 4.74 Å². The Balaban J connectivity index is 2.82. The Bertz CT molecular complexity index is 416. The van der Waals surface area contributed by atoms with E-state index in [9.17, 15) is 13.2 Å². The summed E-state index contributed by atoms with van der Waals surface area (Å²) in [4.78, 5) is 12.1. The van der Waals surface area contributed by atoms with E-state index < -0.39 is 26.8 Å². The predicted molar refractivity (Wildman–Crippen MR) is 74.2 cm³/mol. The van der Waals surface area contributed by atoms with Gasteiger partial charge in [-0.15, -0.1) is 0 Å². The van der Waals surface area contributed by atoms with Crippen molar-refractivity contribution in [1.82, 2.24) is 4.72 Å². The minimum absolute atomic E-state index is 0.307. The lowest BCUT2D eigenvalue weighted by molar-refractivity contribution is -0.161. The van der Waals surface area contributed by atoms with Gasteiger partial charge in [0.15, 0.2) is 0 Å². The fraction of sp³-hybridized carbons (Fsp3) is 0.923. The van der Waals surface area contributed by atoms with E-state index >= 15 is 0 Å². The molecule has 0 aromatic heterocycles. The van der Waals surface area contributed by atoms with Crippen LogP contribution in [0.3, 0.4) is 0 Å². The van der Waals surface area contributed by atoms with Crippen LogP contribution >= 0.6 is 0 Å². The van der Waals surface area contributed by atoms with Crippen LogP contribution in [0.2, 0.25) is 0 Å². The van der Waals surface area contributed by atoms with Crippen molar-refractivity contribution in [2.45, 2.75) is 64.2 Å². The molecule has 2 unspecified atom stereocenters. The van der Waals surface area contributed by atoms with E-state index in [1.54, 1.807) is 0 Å². The molecule has 0 bridgehead atoms. The van der Waals surface area contributed by atoms with E-state index in [0.29, 0.717) is 19.3 Å². The number of hydrogen-bond donors (Lipinski definition) is 1. The van der Waals surface area contributed by atoms with Gasteiger partial charge in [-0.3, -0.25) is 4.79 Å². The quantitative estimate of drug-likeness (QED) is 0.784. The number of ether oxygens (including phenoxy) is 1. The van der Waals surface area contributed by atoms with Crippen LogP contribution in [0.15, 0.2) is 0 Å². The van der Waals surface area contributed by atoms with Gasteiger partial charge in [0.25, 0.3) is 0 Å². The van der Waals surface area contributed by atoms with Gasteiger partial charge in [0.05, 0.1) is 5.41 Å². The molecule has 1 rings (SSSR count). The summed E-state index contributed by atoms with van der Waals surface area (Å²) in [5, 5.41) is -0.622. The molecule has 1 fully saturated rings. The summed E-state index contributed by atoms with van der Waals surface area (Å²) >= 11 is 0. The van der Waals surface area contributed by atoms with Crippen LogP contribution in [0.1, 0.15) is 52.9 Å². The summed E-state index contributed by atoms with van der Waals surface area (Å²) in [6, 6.07) is 0. The second-order valence-electron chi connectivity index (χ2n) is 5.75. The molecule has 0 aromatic rings. The summed E-state index contributed by atoms with van der Waals surface area (Å²) < 4.78 is 31.8. The number of rotatable bonds is 5. The Labute approximate surface area is 116 Å². The molecule has 5 nitrogen and oxygen atoms in total. The third-order valence-corrected chi connectivity index (χ3v) is 5.93. The van der Waals surface area contributed by atoms with Crippen molar-refractivity contribution in [1.29, 1.82) is 0 Å². The Morgan fingerprint density at radius 2 is 1.89 bits per heavy atom. The highest BCUT2D eigenvalue weighted by Crippen LogP contribution is 2.29. The van der Waals surface area contributed by atoms with Gasteiger partial charge in [0.1, 0.15) is 11.4 Å². The molecule has 1 aliphatic rings. The Hall–Kier alpha value is -0.620. The molecule has 0 aliphatic heterocycles. The normalized spacial score (nSPS) is 25.1. The molecular weight excluding hydrogens is 266 g/mol. The first kappa shape index (κ1) is 16.4. The minimum Gasteiger partial charge on any atom is -0.461 e. The van der Waals surface area contributed by atoms with Crippen LogP contribution < -0.4 is 4.72 Å². The van der Waals surface area contributed by atoms with E-state index in [1.165, 1.54) is 7.05 Å². The van der Waals surface area contributed by atoms with Gasteiger partial charge in [-0.2, -0.15) is 0 Å². The van der Waals surface area contributed by atoms with Gasteiger partial charge in [-0.05, 0) is 46.6 Å². The van der Waals surface area contributed by atoms with Crippen molar-refractivity contribution in [2.24, 2.45) is 5.41 Å². The second-order valence-corrected chi connectivity index (χ2v) is 7.86. The molecule has 0 radical (unpaired) electrons. The topological polar surface area (TPSA) is 72.5 Å². The van der Waals surface area contributed by atoms with E-state index in [-0.39, 0.29) is 5.97 Å². The summed E-state index contributed by atoms with van der Waals surface area (Å²) in [5.74, 6) is -0.307. The first-order valence-electron chi connectivity index (χ1n) is 6.88. The Morgan fingerprint density at radius 1 is 1.32 bits per heavy atom.